The van der Waals surface area contributed by atoms with Crippen molar-refractivity contribution in [2.75, 3.05) is 38.4 Å². The lowest BCUT2D eigenvalue weighted by Crippen LogP contribution is -2.59. The predicted molar refractivity (Wildman–Crippen MR) is 129 cm³/mol. The quantitative estimate of drug-likeness (QED) is 0.437. The van der Waals surface area contributed by atoms with Gasteiger partial charge >= 0.3 is 0 Å². The van der Waals surface area contributed by atoms with Gasteiger partial charge in [0.05, 0.1) is 37.2 Å². The molecular weight excluding hydrogens is 482 g/mol. The summed E-state index contributed by atoms with van der Waals surface area (Å²) in [6, 6.07) is 11.0. The van der Waals surface area contributed by atoms with Gasteiger partial charge < -0.3 is 24.8 Å². The molecule has 184 valence electrons. The van der Waals surface area contributed by atoms with Crippen LogP contribution in [0.3, 0.4) is 0 Å². The molecule has 1 fully saturated rings. The number of amides is 2. The summed E-state index contributed by atoms with van der Waals surface area (Å²) in [4.78, 5) is 25.0. The molecule has 2 aromatic rings. The molecule has 2 amide bonds. The highest BCUT2D eigenvalue weighted by Crippen LogP contribution is 2.29. The number of sulfone groups is 1. The summed E-state index contributed by atoms with van der Waals surface area (Å²) in [5.74, 6) is 0.673. The van der Waals surface area contributed by atoms with Gasteiger partial charge in [0, 0.05) is 12.6 Å². The minimum absolute atomic E-state index is 0.0173. The van der Waals surface area contributed by atoms with Crippen molar-refractivity contribution in [2.45, 2.75) is 22.6 Å². The van der Waals surface area contributed by atoms with E-state index in [1.54, 1.807) is 30.3 Å². The van der Waals surface area contributed by atoms with Crippen LogP contribution in [0.1, 0.15) is 6.92 Å². The number of hydrogen-bond donors (Lipinski definition) is 3. The predicted octanol–water partition coefficient (Wildman–Crippen LogP) is 1.62. The summed E-state index contributed by atoms with van der Waals surface area (Å²) >= 11 is 1.13. The van der Waals surface area contributed by atoms with Crippen molar-refractivity contribution in [3.8, 4) is 17.2 Å². The molecule has 0 radical (unpaired) electrons. The molecule has 2 aromatic carbocycles. The van der Waals surface area contributed by atoms with Crippen LogP contribution in [-0.4, -0.2) is 64.1 Å². The number of nitrogens with one attached hydrogen (secondary N) is 3. The highest BCUT2D eigenvalue weighted by atomic mass is 32.2. The minimum Gasteiger partial charge on any atom is -0.497 e. The fourth-order valence-electron chi connectivity index (χ4n) is 3.23. The Morgan fingerprint density at radius 1 is 1.12 bits per heavy atom. The number of rotatable bonds is 10. The van der Waals surface area contributed by atoms with Crippen LogP contribution in [0.25, 0.3) is 0 Å². The van der Waals surface area contributed by atoms with Gasteiger partial charge in [-0.05, 0) is 43.3 Å². The van der Waals surface area contributed by atoms with Crippen LogP contribution in [0.5, 0.6) is 17.2 Å². The molecule has 1 heterocycles. The Labute approximate surface area is 202 Å². The van der Waals surface area contributed by atoms with Gasteiger partial charge in [-0.3, -0.25) is 14.9 Å². The molecule has 12 heteroatoms. The maximum atomic E-state index is 12.9. The van der Waals surface area contributed by atoms with E-state index >= 15 is 0 Å². The Morgan fingerprint density at radius 2 is 1.82 bits per heavy atom. The Morgan fingerprint density at radius 3 is 2.44 bits per heavy atom. The number of carbonyl (C=O) groups excluding carboxylic acids is 2. The highest BCUT2D eigenvalue weighted by Gasteiger charge is 2.38. The van der Waals surface area contributed by atoms with E-state index in [2.05, 4.69) is 16.0 Å². The monoisotopic (exact) mass is 509 g/mol. The van der Waals surface area contributed by atoms with Crippen LogP contribution in [0.15, 0.2) is 47.4 Å². The molecule has 0 aliphatic carbocycles. The van der Waals surface area contributed by atoms with E-state index in [9.17, 15) is 18.0 Å². The van der Waals surface area contributed by atoms with Gasteiger partial charge in [0.25, 0.3) is 0 Å². The van der Waals surface area contributed by atoms with E-state index < -0.39 is 26.5 Å². The Kier molecular flexibility index (Phi) is 8.64. The first-order valence-corrected chi connectivity index (χ1v) is 13.0. The molecule has 0 spiro atoms. The van der Waals surface area contributed by atoms with E-state index in [0.29, 0.717) is 29.5 Å². The fourth-order valence-corrected chi connectivity index (χ4v) is 5.55. The average Bonchev–Trinajstić information content (AvgIpc) is 2.83. The Hall–Kier alpha value is -2.96. The summed E-state index contributed by atoms with van der Waals surface area (Å²) in [7, 11) is -0.879. The normalized spacial score (nSPS) is 18.0. The third-order valence-electron chi connectivity index (χ3n) is 4.96. The molecule has 2 unspecified atom stereocenters. The number of hydrogen-bond acceptors (Lipinski definition) is 9. The van der Waals surface area contributed by atoms with E-state index in [-0.39, 0.29) is 23.1 Å². The smallest absolute Gasteiger partial charge is 0.241 e. The first kappa shape index (κ1) is 25.7. The second-order valence-electron chi connectivity index (χ2n) is 7.16. The molecule has 3 N–H and O–H groups in total. The van der Waals surface area contributed by atoms with Crippen molar-refractivity contribution >= 4 is 39.1 Å². The molecule has 10 nitrogen and oxygen atoms in total. The van der Waals surface area contributed by atoms with Gasteiger partial charge in [0.15, 0.2) is 15.1 Å². The molecule has 1 aliphatic heterocycles. The number of thioether (sulfide) groups is 1. The first-order valence-electron chi connectivity index (χ1n) is 10.4. The topological polar surface area (TPSA) is 132 Å². The zero-order valence-electron chi connectivity index (χ0n) is 19.0. The van der Waals surface area contributed by atoms with Gasteiger partial charge in [-0.15, -0.1) is 11.8 Å². The summed E-state index contributed by atoms with van der Waals surface area (Å²) < 4.78 is 41.6. The maximum Gasteiger partial charge on any atom is 0.241 e. The van der Waals surface area contributed by atoms with E-state index in [1.807, 2.05) is 6.92 Å². The molecular formula is C22H27N3O7S2. The van der Waals surface area contributed by atoms with Crippen molar-refractivity contribution in [1.82, 2.24) is 10.6 Å². The van der Waals surface area contributed by atoms with E-state index in [0.717, 1.165) is 11.8 Å². The van der Waals surface area contributed by atoms with Crippen molar-refractivity contribution in [1.29, 1.82) is 0 Å². The molecule has 0 saturated carbocycles. The van der Waals surface area contributed by atoms with Crippen molar-refractivity contribution in [3.05, 3.63) is 42.5 Å². The number of methoxy groups -OCH3 is 2. The number of benzene rings is 2. The number of ether oxygens (including phenoxy) is 3. The first-order chi connectivity index (χ1) is 16.3. The van der Waals surface area contributed by atoms with E-state index in [1.165, 1.54) is 26.4 Å². The second-order valence-corrected chi connectivity index (χ2v) is 10.4. The minimum atomic E-state index is -3.89. The SMILES string of the molecule is CCOc1ccc(S(=O)(=O)C2CNC(SCC(=O)Nc3ccc(OC)cc3OC)NC2=O)cc1. The summed E-state index contributed by atoms with van der Waals surface area (Å²) in [6.45, 7) is 2.22. The zero-order chi connectivity index (χ0) is 24.7. The third kappa shape index (κ3) is 6.13. The molecule has 3 rings (SSSR count). The molecule has 34 heavy (non-hydrogen) atoms. The van der Waals surface area contributed by atoms with Crippen LogP contribution in [0.4, 0.5) is 5.69 Å². The van der Waals surface area contributed by atoms with Gasteiger partial charge in [-0.1, -0.05) is 0 Å². The van der Waals surface area contributed by atoms with Gasteiger partial charge in [-0.2, -0.15) is 0 Å². The summed E-state index contributed by atoms with van der Waals surface area (Å²) in [5.41, 5.74) is -0.126. The average molecular weight is 510 g/mol. The molecule has 2 atom stereocenters. The van der Waals surface area contributed by atoms with Gasteiger partial charge in [0.2, 0.25) is 11.8 Å². The zero-order valence-corrected chi connectivity index (χ0v) is 20.6. The fraction of sp³-hybridized carbons (Fsp3) is 0.364. The lowest BCUT2D eigenvalue weighted by Gasteiger charge is -2.29. The third-order valence-corrected chi connectivity index (χ3v) is 8.06. The van der Waals surface area contributed by atoms with Crippen molar-refractivity contribution < 1.29 is 32.2 Å². The highest BCUT2D eigenvalue weighted by molar-refractivity contribution is 8.00. The van der Waals surface area contributed by atoms with Crippen LogP contribution < -0.4 is 30.2 Å². The second kappa shape index (κ2) is 11.4. The molecule has 0 aromatic heterocycles. The summed E-state index contributed by atoms with van der Waals surface area (Å²) in [5, 5.41) is 7.06. The van der Waals surface area contributed by atoms with Gasteiger partial charge in [-0.25, -0.2) is 8.42 Å². The van der Waals surface area contributed by atoms with Crippen LogP contribution in [0, 0.1) is 0 Å². The molecule has 1 aliphatic rings. The molecule has 0 bridgehead atoms. The number of carbonyl (C=O) groups is 2. The van der Waals surface area contributed by atoms with Crippen LogP contribution in [-0.2, 0) is 19.4 Å². The number of anilines is 1. The van der Waals surface area contributed by atoms with Crippen molar-refractivity contribution in [2.24, 2.45) is 0 Å². The van der Waals surface area contributed by atoms with Crippen LogP contribution in [0.2, 0.25) is 0 Å². The Bertz CT molecular complexity index is 1120. The maximum absolute atomic E-state index is 12.9. The summed E-state index contributed by atoms with van der Waals surface area (Å²) in [6.07, 6.45) is 0. The lowest BCUT2D eigenvalue weighted by molar-refractivity contribution is -0.122. The Balaban J connectivity index is 1.54. The van der Waals surface area contributed by atoms with Crippen molar-refractivity contribution in [3.63, 3.8) is 0 Å². The van der Waals surface area contributed by atoms with Crippen LogP contribution >= 0.6 is 11.8 Å². The largest absolute Gasteiger partial charge is 0.497 e. The molecule has 1 saturated heterocycles. The van der Waals surface area contributed by atoms with Gasteiger partial charge in [0.1, 0.15) is 22.7 Å². The standard InChI is InChI=1S/C22H27N3O7S2/c1-4-32-14-5-8-16(9-6-14)34(28,29)19-12-23-22(25-21(19)27)33-13-20(26)24-17-10-7-15(30-2)11-18(17)31-3/h5-11,19,22-23H,4,12-13H2,1-3H3,(H,24,26)(H,25,27). The lowest BCUT2D eigenvalue weighted by atomic mass is 10.2. The van der Waals surface area contributed by atoms with E-state index in [4.69, 9.17) is 14.2 Å².